The molecule has 1 aliphatic rings. The molecule has 2 rings (SSSR count). The minimum absolute atomic E-state index is 0.0583. The van der Waals surface area contributed by atoms with Gasteiger partial charge in [-0.3, -0.25) is 4.79 Å². The molecule has 0 bridgehead atoms. The SMILES string of the molecule is CCC(C)(C)C(=O)Nc1ccc(C(=O)OC2CCN(C(=O)OC(C)(C)C)CC2)cc1. The van der Waals surface area contributed by atoms with Gasteiger partial charge in [-0.05, 0) is 51.5 Å². The van der Waals surface area contributed by atoms with Gasteiger partial charge in [0, 0.05) is 37.0 Å². The average molecular weight is 419 g/mol. The number of esters is 1. The molecule has 0 spiro atoms. The van der Waals surface area contributed by atoms with Crippen molar-refractivity contribution >= 4 is 23.7 Å². The van der Waals surface area contributed by atoms with Crippen molar-refractivity contribution in [2.45, 2.75) is 72.5 Å². The summed E-state index contributed by atoms with van der Waals surface area (Å²) in [5.74, 6) is -0.463. The van der Waals surface area contributed by atoms with Crippen molar-refractivity contribution in [2.24, 2.45) is 5.41 Å². The van der Waals surface area contributed by atoms with Gasteiger partial charge in [0.25, 0.3) is 0 Å². The van der Waals surface area contributed by atoms with Crippen LogP contribution in [0.15, 0.2) is 24.3 Å². The van der Waals surface area contributed by atoms with Crippen molar-refractivity contribution in [3.63, 3.8) is 0 Å². The molecule has 0 saturated carbocycles. The molecule has 30 heavy (non-hydrogen) atoms. The molecule has 7 nitrogen and oxygen atoms in total. The maximum Gasteiger partial charge on any atom is 0.410 e. The van der Waals surface area contributed by atoms with Crippen LogP contribution in [0.1, 0.15) is 71.2 Å². The summed E-state index contributed by atoms with van der Waals surface area (Å²) in [6.45, 7) is 12.2. The number of hydrogen-bond donors (Lipinski definition) is 1. The third kappa shape index (κ3) is 6.75. The highest BCUT2D eigenvalue weighted by Crippen LogP contribution is 2.23. The smallest absolute Gasteiger partial charge is 0.410 e. The van der Waals surface area contributed by atoms with Crippen LogP contribution in [0.2, 0.25) is 0 Å². The highest BCUT2D eigenvalue weighted by Gasteiger charge is 2.29. The topological polar surface area (TPSA) is 84.9 Å². The number of nitrogens with one attached hydrogen (secondary N) is 1. The number of rotatable bonds is 5. The number of nitrogens with zero attached hydrogens (tertiary/aromatic N) is 1. The monoisotopic (exact) mass is 418 g/mol. The molecule has 0 unspecified atom stereocenters. The highest BCUT2D eigenvalue weighted by atomic mass is 16.6. The Kier molecular flexibility index (Phi) is 7.50. The minimum Gasteiger partial charge on any atom is -0.459 e. The Morgan fingerprint density at radius 2 is 1.60 bits per heavy atom. The fourth-order valence-electron chi connectivity index (χ4n) is 2.85. The van der Waals surface area contributed by atoms with Crippen LogP contribution in [-0.2, 0) is 14.3 Å². The first-order valence-corrected chi connectivity index (χ1v) is 10.5. The Labute approximate surface area is 179 Å². The van der Waals surface area contributed by atoms with E-state index in [0.29, 0.717) is 37.2 Å². The molecule has 0 radical (unpaired) electrons. The number of hydrogen-bond acceptors (Lipinski definition) is 5. The van der Waals surface area contributed by atoms with Crippen molar-refractivity contribution in [3.8, 4) is 0 Å². The second-order valence-corrected chi connectivity index (χ2v) is 9.34. The summed E-state index contributed by atoms with van der Waals surface area (Å²) in [5, 5.41) is 2.87. The van der Waals surface area contributed by atoms with E-state index in [-0.39, 0.29) is 18.1 Å². The standard InChI is InChI=1S/C23H34N2O5/c1-7-23(5,6)20(27)24-17-10-8-16(9-11-17)19(26)29-18-12-14-25(15-13-18)21(28)30-22(2,3)4/h8-11,18H,7,12-15H2,1-6H3,(H,24,27). The molecule has 1 N–H and O–H groups in total. The fraction of sp³-hybridized carbons (Fsp3) is 0.609. The Morgan fingerprint density at radius 1 is 1.03 bits per heavy atom. The van der Waals surface area contributed by atoms with Gasteiger partial charge in [-0.2, -0.15) is 0 Å². The number of carbonyl (C=O) groups excluding carboxylic acids is 3. The molecule has 7 heteroatoms. The van der Waals surface area contributed by atoms with Gasteiger partial charge in [0.15, 0.2) is 0 Å². The Morgan fingerprint density at radius 3 is 2.10 bits per heavy atom. The molecule has 0 atom stereocenters. The third-order valence-electron chi connectivity index (χ3n) is 5.24. The molecule has 1 aromatic carbocycles. The van der Waals surface area contributed by atoms with Gasteiger partial charge in [0.2, 0.25) is 5.91 Å². The molecule has 0 aliphatic carbocycles. The van der Waals surface area contributed by atoms with Gasteiger partial charge < -0.3 is 19.7 Å². The second-order valence-electron chi connectivity index (χ2n) is 9.34. The number of amides is 2. The van der Waals surface area contributed by atoms with E-state index >= 15 is 0 Å². The molecule has 1 saturated heterocycles. The predicted molar refractivity (Wildman–Crippen MR) is 115 cm³/mol. The van der Waals surface area contributed by atoms with Crippen LogP contribution in [0.3, 0.4) is 0 Å². The van der Waals surface area contributed by atoms with E-state index in [9.17, 15) is 14.4 Å². The number of ether oxygens (including phenoxy) is 2. The molecule has 1 fully saturated rings. The summed E-state index contributed by atoms with van der Waals surface area (Å²) in [4.78, 5) is 38.5. The van der Waals surface area contributed by atoms with E-state index < -0.39 is 17.0 Å². The fourth-order valence-corrected chi connectivity index (χ4v) is 2.85. The zero-order valence-corrected chi connectivity index (χ0v) is 18.9. The lowest BCUT2D eigenvalue weighted by molar-refractivity contribution is -0.124. The van der Waals surface area contributed by atoms with Gasteiger partial charge in [-0.1, -0.05) is 20.8 Å². The number of benzene rings is 1. The van der Waals surface area contributed by atoms with Crippen molar-refractivity contribution < 1.29 is 23.9 Å². The molecule has 2 amide bonds. The van der Waals surface area contributed by atoms with Gasteiger partial charge >= 0.3 is 12.1 Å². The maximum atomic E-state index is 12.4. The van der Waals surface area contributed by atoms with Crippen molar-refractivity contribution in [1.29, 1.82) is 0 Å². The third-order valence-corrected chi connectivity index (χ3v) is 5.24. The Balaban J connectivity index is 1.84. The van der Waals surface area contributed by atoms with E-state index in [1.54, 1.807) is 29.2 Å². The Hall–Kier alpha value is -2.57. The first-order chi connectivity index (χ1) is 13.9. The largest absolute Gasteiger partial charge is 0.459 e. The molecular formula is C23H34N2O5. The highest BCUT2D eigenvalue weighted by molar-refractivity contribution is 5.95. The van der Waals surface area contributed by atoms with Crippen LogP contribution >= 0.6 is 0 Å². The van der Waals surface area contributed by atoms with Crippen molar-refractivity contribution in [3.05, 3.63) is 29.8 Å². The van der Waals surface area contributed by atoms with Crippen molar-refractivity contribution in [2.75, 3.05) is 18.4 Å². The number of likely N-dealkylation sites (tertiary alicyclic amines) is 1. The van der Waals surface area contributed by atoms with Crippen LogP contribution in [-0.4, -0.2) is 47.7 Å². The first kappa shape index (κ1) is 23.7. The van der Waals surface area contributed by atoms with Gasteiger partial charge in [0.1, 0.15) is 11.7 Å². The quantitative estimate of drug-likeness (QED) is 0.706. The first-order valence-electron chi connectivity index (χ1n) is 10.5. The van der Waals surface area contributed by atoms with Crippen LogP contribution in [0, 0.1) is 5.41 Å². The van der Waals surface area contributed by atoms with Crippen LogP contribution in [0.25, 0.3) is 0 Å². The van der Waals surface area contributed by atoms with Crippen molar-refractivity contribution in [1.82, 2.24) is 4.90 Å². The zero-order chi connectivity index (χ0) is 22.5. The van der Waals surface area contributed by atoms with E-state index in [4.69, 9.17) is 9.47 Å². The van der Waals surface area contributed by atoms with Crippen LogP contribution < -0.4 is 5.32 Å². The van der Waals surface area contributed by atoms with Crippen LogP contribution in [0.4, 0.5) is 10.5 Å². The maximum absolute atomic E-state index is 12.4. The summed E-state index contributed by atoms with van der Waals surface area (Å²) in [6.07, 6.45) is 1.31. The Bertz CT molecular complexity index is 757. The predicted octanol–water partition coefficient (Wildman–Crippen LogP) is 4.62. The van der Waals surface area contributed by atoms with E-state index in [2.05, 4.69) is 5.32 Å². The number of anilines is 1. The lowest BCUT2D eigenvalue weighted by Gasteiger charge is -2.33. The van der Waals surface area contributed by atoms with E-state index in [1.165, 1.54) is 0 Å². The molecular weight excluding hydrogens is 384 g/mol. The summed E-state index contributed by atoms with van der Waals surface area (Å²) in [5.41, 5.74) is 0.0884. The average Bonchev–Trinajstić information content (AvgIpc) is 2.67. The van der Waals surface area contributed by atoms with Crippen LogP contribution in [0.5, 0.6) is 0 Å². The number of piperidine rings is 1. The minimum atomic E-state index is -0.529. The van der Waals surface area contributed by atoms with E-state index in [0.717, 1.165) is 6.42 Å². The zero-order valence-electron chi connectivity index (χ0n) is 18.9. The van der Waals surface area contributed by atoms with Gasteiger partial charge in [0.05, 0.1) is 5.56 Å². The van der Waals surface area contributed by atoms with E-state index in [1.807, 2.05) is 41.5 Å². The molecule has 166 valence electrons. The summed E-state index contributed by atoms with van der Waals surface area (Å²) in [7, 11) is 0. The lowest BCUT2D eigenvalue weighted by Crippen LogP contribution is -2.43. The molecule has 1 aromatic rings. The molecule has 0 aromatic heterocycles. The second kappa shape index (κ2) is 9.49. The molecule has 1 heterocycles. The summed E-state index contributed by atoms with van der Waals surface area (Å²) in [6, 6.07) is 6.69. The van der Waals surface area contributed by atoms with Gasteiger partial charge in [-0.25, -0.2) is 9.59 Å². The summed E-state index contributed by atoms with van der Waals surface area (Å²) < 4.78 is 11.0. The lowest BCUT2D eigenvalue weighted by atomic mass is 9.89. The summed E-state index contributed by atoms with van der Waals surface area (Å²) >= 11 is 0. The number of carbonyl (C=O) groups is 3. The normalized spacial score (nSPS) is 15.5. The molecule has 1 aliphatic heterocycles. The van der Waals surface area contributed by atoms with Gasteiger partial charge in [-0.15, -0.1) is 0 Å².